The van der Waals surface area contributed by atoms with Crippen molar-refractivity contribution in [2.24, 2.45) is 11.8 Å². The van der Waals surface area contributed by atoms with Gasteiger partial charge in [-0.25, -0.2) is 0 Å². The van der Waals surface area contributed by atoms with Gasteiger partial charge in [0.15, 0.2) is 5.79 Å². The molecule has 0 unspecified atom stereocenters. The van der Waals surface area contributed by atoms with E-state index in [1.54, 1.807) is 0 Å². The minimum Gasteiger partial charge on any atom is -0.363 e. The maximum Gasteiger partial charge on any atom is 0.164 e. The van der Waals surface area contributed by atoms with Gasteiger partial charge >= 0.3 is 0 Å². The van der Waals surface area contributed by atoms with Gasteiger partial charge in [0.2, 0.25) is 0 Å². The minimum absolute atomic E-state index is 0.0845. The molecule has 0 aromatic rings. The number of hydrogen-bond acceptors (Lipinski definition) is 3. The quantitative estimate of drug-likeness (QED) is 0.719. The highest BCUT2D eigenvalue weighted by Crippen LogP contribution is 2.57. The van der Waals surface area contributed by atoms with Crippen molar-refractivity contribution in [2.45, 2.75) is 83.6 Å². The van der Waals surface area contributed by atoms with Crippen LogP contribution >= 0.6 is 0 Å². The Bertz CT molecular complexity index is 337. The van der Waals surface area contributed by atoms with Crippen molar-refractivity contribution in [3.05, 3.63) is 0 Å². The van der Waals surface area contributed by atoms with Crippen molar-refractivity contribution < 1.29 is 14.2 Å². The van der Waals surface area contributed by atoms with Gasteiger partial charge in [0.1, 0.15) is 12.2 Å². The van der Waals surface area contributed by atoms with Gasteiger partial charge in [0.25, 0.3) is 0 Å². The fourth-order valence-electron chi connectivity index (χ4n) is 4.20. The Morgan fingerprint density at radius 1 is 0.889 bits per heavy atom. The van der Waals surface area contributed by atoms with E-state index < -0.39 is 5.79 Å². The lowest BCUT2D eigenvalue weighted by Crippen LogP contribution is -2.48. The summed E-state index contributed by atoms with van der Waals surface area (Å²) in [5.41, 5.74) is -0.360. The molecule has 3 rings (SSSR count). The van der Waals surface area contributed by atoms with E-state index in [1.165, 1.54) is 0 Å². The van der Waals surface area contributed by atoms with Crippen LogP contribution in [0.25, 0.3) is 0 Å². The molecule has 3 heterocycles. The Morgan fingerprint density at radius 2 is 1.33 bits per heavy atom. The molecule has 0 aliphatic carbocycles. The average molecular weight is 254 g/mol. The molecule has 0 aromatic heterocycles. The molecule has 104 valence electrons. The highest BCUT2D eigenvalue weighted by molar-refractivity contribution is 5.15. The lowest BCUT2D eigenvalue weighted by molar-refractivity contribution is -0.249. The summed E-state index contributed by atoms with van der Waals surface area (Å²) in [7, 11) is 0. The lowest BCUT2D eigenvalue weighted by Gasteiger charge is -2.44. The first-order valence-corrected chi connectivity index (χ1v) is 7.21. The molecule has 3 saturated heterocycles. The van der Waals surface area contributed by atoms with Crippen molar-refractivity contribution in [2.75, 3.05) is 0 Å². The molecule has 2 bridgehead atoms. The van der Waals surface area contributed by atoms with Crippen molar-refractivity contribution in [3.8, 4) is 0 Å². The van der Waals surface area contributed by atoms with Crippen LogP contribution < -0.4 is 0 Å². The normalized spacial score (nSPS) is 53.8. The number of ether oxygens (including phenoxy) is 3. The zero-order valence-electron chi connectivity index (χ0n) is 12.4. The van der Waals surface area contributed by atoms with Gasteiger partial charge in [-0.05, 0) is 52.4 Å². The minimum atomic E-state index is -0.466. The molecule has 3 aliphatic heterocycles. The van der Waals surface area contributed by atoms with Crippen molar-refractivity contribution >= 4 is 0 Å². The monoisotopic (exact) mass is 254 g/mol. The second kappa shape index (κ2) is 3.50. The predicted octanol–water partition coefficient (Wildman–Crippen LogP) is 3.12. The highest BCUT2D eigenvalue weighted by Gasteiger charge is 2.68. The van der Waals surface area contributed by atoms with Crippen LogP contribution in [0.3, 0.4) is 0 Å². The number of rotatable bonds is 1. The van der Waals surface area contributed by atoms with E-state index in [-0.39, 0.29) is 23.4 Å². The number of fused-ring (bicyclic) bond motifs is 5. The van der Waals surface area contributed by atoms with Crippen LogP contribution in [0.2, 0.25) is 0 Å². The Hall–Kier alpha value is -0.120. The summed E-state index contributed by atoms with van der Waals surface area (Å²) in [6, 6.07) is 0. The van der Waals surface area contributed by atoms with E-state index in [1.807, 2.05) is 13.8 Å². The first-order valence-electron chi connectivity index (χ1n) is 7.21. The molecule has 0 radical (unpaired) electrons. The Labute approximate surface area is 110 Å². The van der Waals surface area contributed by atoms with Gasteiger partial charge in [0.05, 0.1) is 11.2 Å². The molecule has 0 saturated carbocycles. The lowest BCUT2D eigenvalue weighted by atomic mass is 9.78. The Kier molecular flexibility index (Phi) is 2.51. The first kappa shape index (κ1) is 12.9. The molecule has 0 amide bonds. The molecule has 3 heteroatoms. The van der Waals surface area contributed by atoms with E-state index in [4.69, 9.17) is 14.2 Å². The van der Waals surface area contributed by atoms with Crippen LogP contribution in [0.5, 0.6) is 0 Å². The van der Waals surface area contributed by atoms with Crippen molar-refractivity contribution in [1.82, 2.24) is 0 Å². The van der Waals surface area contributed by atoms with Crippen molar-refractivity contribution in [3.63, 3.8) is 0 Å². The predicted molar refractivity (Wildman–Crippen MR) is 69.3 cm³/mol. The summed E-state index contributed by atoms with van der Waals surface area (Å²) in [4.78, 5) is 0. The zero-order valence-corrected chi connectivity index (χ0v) is 12.4. The van der Waals surface area contributed by atoms with Crippen molar-refractivity contribution in [1.29, 1.82) is 0 Å². The van der Waals surface area contributed by atoms with Gasteiger partial charge in [0, 0.05) is 0 Å². The summed E-state index contributed by atoms with van der Waals surface area (Å²) in [5.74, 6) is 0.931. The van der Waals surface area contributed by atoms with Crippen LogP contribution in [0.1, 0.15) is 54.4 Å². The smallest absolute Gasteiger partial charge is 0.164 e. The fourth-order valence-corrected chi connectivity index (χ4v) is 4.20. The highest BCUT2D eigenvalue weighted by atomic mass is 16.8. The second-order valence-corrected chi connectivity index (χ2v) is 7.62. The van der Waals surface area contributed by atoms with Crippen LogP contribution in [0, 0.1) is 11.8 Å². The van der Waals surface area contributed by atoms with E-state index in [0.29, 0.717) is 11.8 Å². The van der Waals surface area contributed by atoms with Gasteiger partial charge < -0.3 is 14.2 Å². The van der Waals surface area contributed by atoms with Crippen LogP contribution in [0.4, 0.5) is 0 Å². The molecule has 3 fully saturated rings. The fraction of sp³-hybridized carbons (Fsp3) is 1.00. The maximum atomic E-state index is 6.36. The molecule has 3 nitrogen and oxygen atoms in total. The topological polar surface area (TPSA) is 27.7 Å². The molecule has 0 spiro atoms. The maximum absolute atomic E-state index is 6.36. The van der Waals surface area contributed by atoms with Crippen LogP contribution in [0.15, 0.2) is 0 Å². The zero-order chi connectivity index (χ0) is 13.3. The van der Waals surface area contributed by atoms with E-state index in [0.717, 1.165) is 12.8 Å². The first-order chi connectivity index (χ1) is 8.15. The Balaban J connectivity index is 1.94. The van der Waals surface area contributed by atoms with Gasteiger partial charge in [-0.3, -0.25) is 0 Å². The van der Waals surface area contributed by atoms with E-state index >= 15 is 0 Å². The summed E-state index contributed by atoms with van der Waals surface area (Å²) < 4.78 is 18.6. The SMILES string of the molecule is CC(C)[C@H]1C[C@@]2(C)O[C@@](C)(C1)[C@@H]1OC(C)(C)O[C@@H]12. The third-order valence-electron chi connectivity index (χ3n) is 5.04. The molecular formula is C15H26O3. The van der Waals surface area contributed by atoms with Gasteiger partial charge in [-0.1, -0.05) is 13.8 Å². The molecule has 0 aromatic carbocycles. The van der Waals surface area contributed by atoms with Crippen LogP contribution in [-0.2, 0) is 14.2 Å². The standard InChI is InChI=1S/C15H26O3/c1-9(2)10-7-14(5)11-12(15(6,8-10)18-14)17-13(3,4)16-11/h9-12H,7-8H2,1-6H3/t10-,11-,12+,14+,15-. The summed E-state index contributed by atoms with van der Waals surface area (Å²) >= 11 is 0. The summed E-state index contributed by atoms with van der Waals surface area (Å²) in [6.45, 7) is 13.0. The molecule has 18 heavy (non-hydrogen) atoms. The third kappa shape index (κ3) is 1.67. The molecule has 3 aliphatic rings. The average Bonchev–Trinajstić information content (AvgIpc) is 2.59. The summed E-state index contributed by atoms with van der Waals surface area (Å²) in [6.07, 6.45) is 2.34. The molecule has 0 N–H and O–H groups in total. The van der Waals surface area contributed by atoms with Crippen LogP contribution in [-0.4, -0.2) is 29.2 Å². The summed E-state index contributed by atoms with van der Waals surface area (Å²) in [5, 5.41) is 0. The molecule has 5 atom stereocenters. The Morgan fingerprint density at radius 3 is 1.72 bits per heavy atom. The second-order valence-electron chi connectivity index (χ2n) is 7.62. The molecular weight excluding hydrogens is 228 g/mol. The van der Waals surface area contributed by atoms with Gasteiger partial charge in [-0.2, -0.15) is 0 Å². The van der Waals surface area contributed by atoms with E-state index in [2.05, 4.69) is 27.7 Å². The third-order valence-corrected chi connectivity index (χ3v) is 5.04. The van der Waals surface area contributed by atoms with E-state index in [9.17, 15) is 0 Å². The van der Waals surface area contributed by atoms with Gasteiger partial charge in [-0.15, -0.1) is 0 Å². The number of hydrogen-bond donors (Lipinski definition) is 0. The largest absolute Gasteiger partial charge is 0.363 e.